The van der Waals surface area contributed by atoms with Gasteiger partial charge in [0.05, 0.1) is 12.6 Å². The lowest BCUT2D eigenvalue weighted by Crippen LogP contribution is -2.41. The number of thiophene rings is 1. The van der Waals surface area contributed by atoms with Crippen LogP contribution in [0.5, 0.6) is 11.5 Å². The maximum absolute atomic E-state index is 13.1. The Bertz CT molecular complexity index is 858. The molecular weight excluding hydrogens is 368 g/mol. The molecule has 5 heterocycles. The third-order valence-electron chi connectivity index (χ3n) is 5.42. The predicted molar refractivity (Wildman–Crippen MR) is 97.6 cm³/mol. The zero-order chi connectivity index (χ0) is 18.4. The fourth-order valence-corrected chi connectivity index (χ4v) is 5.00. The molecule has 0 aliphatic carbocycles. The second-order valence-corrected chi connectivity index (χ2v) is 8.10. The molecule has 0 bridgehead atoms. The van der Waals surface area contributed by atoms with Crippen molar-refractivity contribution in [2.24, 2.45) is 0 Å². The summed E-state index contributed by atoms with van der Waals surface area (Å²) in [5.74, 6) is 3.51. The Morgan fingerprint density at radius 2 is 2.00 bits per heavy atom. The number of nitrogens with zero attached hydrogens (tertiary/aromatic N) is 4. The lowest BCUT2D eigenvalue weighted by atomic mass is 9.99. The first-order valence-electron chi connectivity index (χ1n) is 9.40. The minimum absolute atomic E-state index is 0.0273. The van der Waals surface area contributed by atoms with E-state index in [0.717, 1.165) is 37.7 Å². The molecule has 0 N–H and O–H groups in total. The highest BCUT2D eigenvalue weighted by Gasteiger charge is 2.34. The number of hydrogen-bond acceptors (Lipinski definition) is 7. The van der Waals surface area contributed by atoms with Gasteiger partial charge in [-0.3, -0.25) is 4.79 Å². The SMILES string of the molecule is C[C@H]1CN(C(=O)c2scc3c2OCCO3)Cc2nnc(C3CCOCC3)n21. The van der Waals surface area contributed by atoms with Crippen molar-refractivity contribution in [3.63, 3.8) is 0 Å². The van der Waals surface area contributed by atoms with Crippen molar-refractivity contribution in [3.8, 4) is 11.5 Å². The van der Waals surface area contributed by atoms with Gasteiger partial charge in [0.1, 0.15) is 23.9 Å². The van der Waals surface area contributed by atoms with Crippen LogP contribution >= 0.6 is 11.3 Å². The van der Waals surface area contributed by atoms with Crippen LogP contribution in [0.4, 0.5) is 0 Å². The van der Waals surface area contributed by atoms with Crippen LogP contribution in [0.2, 0.25) is 0 Å². The first kappa shape index (κ1) is 17.0. The number of hydrogen-bond donors (Lipinski definition) is 0. The van der Waals surface area contributed by atoms with Gasteiger partial charge in [0.15, 0.2) is 17.3 Å². The molecule has 1 amide bonds. The minimum Gasteiger partial charge on any atom is -0.485 e. The van der Waals surface area contributed by atoms with Gasteiger partial charge in [0.2, 0.25) is 0 Å². The Morgan fingerprint density at radius 3 is 2.85 bits per heavy atom. The average Bonchev–Trinajstić information content (AvgIpc) is 3.33. The van der Waals surface area contributed by atoms with Crippen LogP contribution in [0.3, 0.4) is 0 Å². The zero-order valence-corrected chi connectivity index (χ0v) is 16.0. The van der Waals surface area contributed by atoms with Gasteiger partial charge in [-0.2, -0.15) is 0 Å². The Morgan fingerprint density at radius 1 is 1.19 bits per heavy atom. The largest absolute Gasteiger partial charge is 0.485 e. The fourth-order valence-electron chi connectivity index (χ4n) is 4.10. The van der Waals surface area contributed by atoms with Gasteiger partial charge in [-0.25, -0.2) is 0 Å². The van der Waals surface area contributed by atoms with Crippen LogP contribution in [0.25, 0.3) is 0 Å². The van der Waals surface area contributed by atoms with E-state index in [-0.39, 0.29) is 11.9 Å². The van der Waals surface area contributed by atoms with Gasteiger partial charge >= 0.3 is 0 Å². The molecule has 3 aliphatic heterocycles. The molecule has 5 rings (SSSR count). The van der Waals surface area contributed by atoms with E-state index in [1.54, 1.807) is 0 Å². The molecule has 27 heavy (non-hydrogen) atoms. The summed E-state index contributed by atoms with van der Waals surface area (Å²) in [6.45, 7) is 5.77. The van der Waals surface area contributed by atoms with Gasteiger partial charge < -0.3 is 23.7 Å². The van der Waals surface area contributed by atoms with Crippen LogP contribution in [0.1, 0.15) is 53.0 Å². The molecular formula is C18H22N4O4S. The summed E-state index contributed by atoms with van der Waals surface area (Å²) in [4.78, 5) is 15.6. The average molecular weight is 390 g/mol. The van der Waals surface area contributed by atoms with Crippen LogP contribution in [-0.2, 0) is 11.3 Å². The predicted octanol–water partition coefficient (Wildman–Crippen LogP) is 2.22. The summed E-state index contributed by atoms with van der Waals surface area (Å²) >= 11 is 1.38. The number of rotatable bonds is 2. The molecule has 2 aromatic heterocycles. The Labute approximate surface area is 161 Å². The van der Waals surface area contributed by atoms with Gasteiger partial charge in [-0.15, -0.1) is 21.5 Å². The summed E-state index contributed by atoms with van der Waals surface area (Å²) in [5, 5.41) is 10.7. The first-order chi connectivity index (χ1) is 13.2. The molecule has 1 atom stereocenters. The van der Waals surface area contributed by atoms with Crippen LogP contribution in [0, 0.1) is 0 Å². The standard InChI is InChI=1S/C18H22N4O4S/c1-11-8-21(18(23)16-15-13(10-27-16)25-6-7-26-15)9-14-19-20-17(22(11)14)12-2-4-24-5-3-12/h10-12H,2-9H2,1H3/t11-/m0/s1. The third kappa shape index (κ3) is 2.89. The number of fused-ring (bicyclic) bond motifs is 2. The van der Waals surface area contributed by atoms with Crippen molar-refractivity contribution in [3.05, 3.63) is 21.9 Å². The third-order valence-corrected chi connectivity index (χ3v) is 6.35. The lowest BCUT2D eigenvalue weighted by Gasteiger charge is -2.34. The molecule has 0 spiro atoms. The quantitative estimate of drug-likeness (QED) is 0.782. The fraction of sp³-hybridized carbons (Fsp3) is 0.611. The Kier molecular flexibility index (Phi) is 4.28. The van der Waals surface area contributed by atoms with Gasteiger partial charge in [0, 0.05) is 31.1 Å². The van der Waals surface area contributed by atoms with Crippen molar-refractivity contribution in [1.82, 2.24) is 19.7 Å². The molecule has 0 unspecified atom stereocenters. The van der Waals surface area contributed by atoms with E-state index >= 15 is 0 Å². The highest BCUT2D eigenvalue weighted by molar-refractivity contribution is 7.12. The van der Waals surface area contributed by atoms with E-state index in [1.807, 2.05) is 10.3 Å². The van der Waals surface area contributed by atoms with Crippen LogP contribution in [-0.4, -0.2) is 58.5 Å². The number of carbonyl (C=O) groups is 1. The number of amides is 1. The normalized spacial score (nSPS) is 22.6. The molecule has 0 radical (unpaired) electrons. The number of ether oxygens (including phenoxy) is 3. The van der Waals surface area contributed by atoms with Gasteiger partial charge in [-0.05, 0) is 19.8 Å². The van der Waals surface area contributed by atoms with Crippen LogP contribution < -0.4 is 9.47 Å². The number of aromatic nitrogens is 3. The van der Waals surface area contributed by atoms with Crippen molar-refractivity contribution in [1.29, 1.82) is 0 Å². The zero-order valence-electron chi connectivity index (χ0n) is 15.2. The van der Waals surface area contributed by atoms with Crippen molar-refractivity contribution >= 4 is 17.2 Å². The van der Waals surface area contributed by atoms with Gasteiger partial charge in [0.25, 0.3) is 5.91 Å². The summed E-state index contributed by atoms with van der Waals surface area (Å²) in [5.41, 5.74) is 0. The van der Waals surface area contributed by atoms with Crippen LogP contribution in [0.15, 0.2) is 5.38 Å². The highest BCUT2D eigenvalue weighted by atomic mass is 32.1. The maximum atomic E-state index is 13.1. The second-order valence-electron chi connectivity index (χ2n) is 7.22. The van der Waals surface area contributed by atoms with E-state index in [0.29, 0.717) is 48.6 Å². The molecule has 8 nitrogen and oxygen atoms in total. The van der Waals surface area contributed by atoms with E-state index in [2.05, 4.69) is 21.7 Å². The Hall–Kier alpha value is -2.13. The van der Waals surface area contributed by atoms with Crippen molar-refractivity contribution < 1.29 is 19.0 Å². The molecule has 1 fully saturated rings. The summed E-state index contributed by atoms with van der Waals surface area (Å²) in [6.07, 6.45) is 1.96. The lowest BCUT2D eigenvalue weighted by molar-refractivity contribution is 0.0665. The number of carbonyl (C=O) groups excluding carboxylic acids is 1. The van der Waals surface area contributed by atoms with Crippen molar-refractivity contribution in [2.75, 3.05) is 33.0 Å². The molecule has 144 valence electrons. The van der Waals surface area contributed by atoms with E-state index in [9.17, 15) is 4.79 Å². The minimum atomic E-state index is -0.0273. The maximum Gasteiger partial charge on any atom is 0.268 e. The molecule has 0 aromatic carbocycles. The van der Waals surface area contributed by atoms with Crippen molar-refractivity contribution in [2.45, 2.75) is 38.3 Å². The first-order valence-corrected chi connectivity index (χ1v) is 10.3. The summed E-state index contributed by atoms with van der Waals surface area (Å²) < 4.78 is 18.9. The second kappa shape index (κ2) is 6.79. The molecule has 0 saturated carbocycles. The highest BCUT2D eigenvalue weighted by Crippen LogP contribution is 2.40. The van der Waals surface area contributed by atoms with E-state index in [4.69, 9.17) is 14.2 Å². The molecule has 2 aromatic rings. The monoisotopic (exact) mass is 390 g/mol. The molecule has 1 saturated heterocycles. The van der Waals surface area contributed by atoms with E-state index in [1.165, 1.54) is 11.3 Å². The smallest absolute Gasteiger partial charge is 0.268 e. The summed E-state index contributed by atoms with van der Waals surface area (Å²) in [6, 6.07) is 0.138. The Balaban J connectivity index is 1.39. The van der Waals surface area contributed by atoms with E-state index < -0.39 is 0 Å². The van der Waals surface area contributed by atoms with Gasteiger partial charge in [-0.1, -0.05) is 0 Å². The molecule has 3 aliphatic rings. The molecule has 9 heteroatoms. The topological polar surface area (TPSA) is 78.7 Å². The summed E-state index contributed by atoms with van der Waals surface area (Å²) in [7, 11) is 0.